The molecule has 192 valence electrons. The molecule has 1 N–H and O–H groups in total. The molecular weight excluding hydrogens is 482 g/mol. The van der Waals surface area contributed by atoms with Crippen molar-refractivity contribution in [3.8, 4) is 17.2 Å². The van der Waals surface area contributed by atoms with E-state index in [2.05, 4.69) is 11.4 Å². The van der Waals surface area contributed by atoms with Gasteiger partial charge in [-0.25, -0.2) is 4.79 Å². The number of benzene rings is 1. The maximum absolute atomic E-state index is 13.7. The SMILES string of the molecule is COCCOC(=O)C1=C(C)NC2=C(C(=O)C[C@H](c3cccs3)C2)[C@@H]1c1ccc(OC)c(OC)c1OC. The van der Waals surface area contributed by atoms with Crippen LogP contribution in [0.3, 0.4) is 0 Å². The second-order valence-electron chi connectivity index (χ2n) is 8.58. The summed E-state index contributed by atoms with van der Waals surface area (Å²) in [5.74, 6) is 0.139. The fourth-order valence-corrected chi connectivity index (χ4v) is 5.82. The van der Waals surface area contributed by atoms with Gasteiger partial charge in [0.25, 0.3) is 0 Å². The Balaban J connectivity index is 1.87. The first kappa shape index (κ1) is 25.8. The Hall–Kier alpha value is -3.30. The minimum absolute atomic E-state index is 0.0151. The number of ether oxygens (including phenoxy) is 5. The second kappa shape index (κ2) is 11.2. The molecule has 0 unspecified atom stereocenters. The van der Waals surface area contributed by atoms with E-state index in [9.17, 15) is 9.59 Å². The van der Waals surface area contributed by atoms with Crippen molar-refractivity contribution >= 4 is 23.1 Å². The van der Waals surface area contributed by atoms with E-state index in [0.29, 0.717) is 52.5 Å². The van der Waals surface area contributed by atoms with Gasteiger partial charge < -0.3 is 29.0 Å². The molecule has 1 aromatic heterocycles. The van der Waals surface area contributed by atoms with Gasteiger partial charge in [-0.05, 0) is 30.9 Å². The summed E-state index contributed by atoms with van der Waals surface area (Å²) in [7, 11) is 6.13. The lowest BCUT2D eigenvalue weighted by molar-refractivity contribution is -0.140. The first-order chi connectivity index (χ1) is 17.4. The van der Waals surface area contributed by atoms with Gasteiger partial charge in [0.05, 0.1) is 39.4 Å². The molecule has 4 rings (SSSR count). The standard InChI is InChI=1S/C27H31NO7S/c1-15-22(27(30)35-11-10-31-2)23(17-8-9-20(32-3)26(34-5)25(17)33-4)24-18(28-15)13-16(14-19(24)29)21-7-6-12-36-21/h6-9,12,16,23,28H,10-11,13-14H2,1-5H3/t16-,23-/m1/s1. The molecule has 1 aromatic carbocycles. The van der Waals surface area contributed by atoms with E-state index in [1.807, 2.05) is 24.4 Å². The fraction of sp³-hybridized carbons (Fsp3) is 0.407. The number of carbonyl (C=O) groups excluding carboxylic acids is 2. The average molecular weight is 514 g/mol. The van der Waals surface area contributed by atoms with Gasteiger partial charge in [-0.2, -0.15) is 0 Å². The smallest absolute Gasteiger partial charge is 0.336 e. The maximum atomic E-state index is 13.7. The third-order valence-electron chi connectivity index (χ3n) is 6.56. The van der Waals surface area contributed by atoms with Crippen molar-refractivity contribution < 1.29 is 33.3 Å². The fourth-order valence-electron chi connectivity index (χ4n) is 4.99. The maximum Gasteiger partial charge on any atom is 0.336 e. The van der Waals surface area contributed by atoms with Crippen molar-refractivity contribution in [3.05, 3.63) is 62.6 Å². The van der Waals surface area contributed by atoms with Crippen LogP contribution in [0.2, 0.25) is 0 Å². The molecule has 0 saturated carbocycles. The van der Waals surface area contributed by atoms with Crippen LogP contribution >= 0.6 is 11.3 Å². The summed E-state index contributed by atoms with van der Waals surface area (Å²) >= 11 is 1.65. The Labute approximate surface area is 214 Å². The van der Waals surface area contributed by atoms with Crippen LogP contribution in [0.4, 0.5) is 0 Å². The molecule has 0 amide bonds. The quantitative estimate of drug-likeness (QED) is 0.391. The third-order valence-corrected chi connectivity index (χ3v) is 7.59. The van der Waals surface area contributed by atoms with Gasteiger partial charge in [0, 0.05) is 46.9 Å². The Kier molecular flexibility index (Phi) is 8.01. The summed E-state index contributed by atoms with van der Waals surface area (Å²) in [6.07, 6.45) is 1.02. The predicted octanol–water partition coefficient (Wildman–Crippen LogP) is 4.33. The highest BCUT2D eigenvalue weighted by Crippen LogP contribution is 2.51. The van der Waals surface area contributed by atoms with Crippen LogP contribution in [0.15, 0.2) is 52.2 Å². The number of rotatable bonds is 9. The Morgan fingerprint density at radius 3 is 2.44 bits per heavy atom. The van der Waals surface area contributed by atoms with Gasteiger partial charge in [0.1, 0.15) is 6.61 Å². The molecule has 36 heavy (non-hydrogen) atoms. The van der Waals surface area contributed by atoms with Crippen LogP contribution in [0, 0.1) is 0 Å². The number of hydrogen-bond acceptors (Lipinski definition) is 9. The average Bonchev–Trinajstić information content (AvgIpc) is 3.42. The molecule has 9 heteroatoms. The van der Waals surface area contributed by atoms with E-state index in [1.54, 1.807) is 31.6 Å². The van der Waals surface area contributed by atoms with Gasteiger partial charge in [-0.3, -0.25) is 4.79 Å². The molecule has 2 aromatic rings. The molecule has 2 atom stereocenters. The number of Topliss-reactive ketones (excluding diaryl/α,β-unsaturated/α-hetero) is 1. The van der Waals surface area contributed by atoms with Crippen molar-refractivity contribution in [2.75, 3.05) is 41.7 Å². The number of allylic oxidation sites excluding steroid dienone is 3. The second-order valence-corrected chi connectivity index (χ2v) is 9.56. The summed E-state index contributed by atoms with van der Waals surface area (Å²) in [4.78, 5) is 28.3. The van der Waals surface area contributed by atoms with Crippen LogP contribution in [0.25, 0.3) is 0 Å². The highest BCUT2D eigenvalue weighted by molar-refractivity contribution is 7.10. The zero-order valence-corrected chi connectivity index (χ0v) is 22.0. The van der Waals surface area contributed by atoms with Crippen molar-refractivity contribution in [3.63, 3.8) is 0 Å². The summed E-state index contributed by atoms with van der Waals surface area (Å²) in [5.41, 5.74) is 3.00. The number of dihydropyridines is 1. The largest absolute Gasteiger partial charge is 0.493 e. The van der Waals surface area contributed by atoms with Gasteiger partial charge in [0.2, 0.25) is 5.75 Å². The topological polar surface area (TPSA) is 92.3 Å². The van der Waals surface area contributed by atoms with Crippen LogP contribution in [-0.2, 0) is 19.1 Å². The number of nitrogens with one attached hydrogen (secondary N) is 1. The van der Waals surface area contributed by atoms with E-state index < -0.39 is 11.9 Å². The summed E-state index contributed by atoms with van der Waals surface area (Å²) in [6, 6.07) is 7.63. The van der Waals surface area contributed by atoms with E-state index in [4.69, 9.17) is 23.7 Å². The lowest BCUT2D eigenvalue weighted by Gasteiger charge is -2.37. The molecule has 1 aliphatic carbocycles. The molecule has 2 heterocycles. The van der Waals surface area contributed by atoms with Gasteiger partial charge in [-0.1, -0.05) is 12.1 Å². The van der Waals surface area contributed by atoms with Crippen LogP contribution in [0.1, 0.15) is 42.0 Å². The molecule has 0 spiro atoms. The molecule has 8 nitrogen and oxygen atoms in total. The molecular formula is C27H31NO7S. The lowest BCUT2D eigenvalue weighted by Crippen LogP contribution is -2.36. The van der Waals surface area contributed by atoms with E-state index in [1.165, 1.54) is 19.1 Å². The third kappa shape index (κ3) is 4.73. The normalized spacial score (nSPS) is 19.5. The number of methoxy groups -OCH3 is 4. The van der Waals surface area contributed by atoms with Crippen LogP contribution in [-0.4, -0.2) is 53.4 Å². The zero-order valence-electron chi connectivity index (χ0n) is 21.1. The van der Waals surface area contributed by atoms with Crippen molar-refractivity contribution in [2.24, 2.45) is 0 Å². The van der Waals surface area contributed by atoms with Crippen molar-refractivity contribution in [1.82, 2.24) is 5.32 Å². The number of esters is 1. The summed E-state index contributed by atoms with van der Waals surface area (Å²) < 4.78 is 27.4. The molecule has 0 radical (unpaired) electrons. The molecule has 2 aliphatic rings. The van der Waals surface area contributed by atoms with Gasteiger partial charge in [-0.15, -0.1) is 11.3 Å². The van der Waals surface area contributed by atoms with Gasteiger partial charge in [0.15, 0.2) is 17.3 Å². The molecule has 1 aliphatic heterocycles. The van der Waals surface area contributed by atoms with Gasteiger partial charge >= 0.3 is 5.97 Å². The highest BCUT2D eigenvalue weighted by Gasteiger charge is 2.43. The lowest BCUT2D eigenvalue weighted by atomic mass is 9.72. The van der Waals surface area contributed by atoms with Crippen LogP contribution in [0.5, 0.6) is 17.2 Å². The monoisotopic (exact) mass is 513 g/mol. The van der Waals surface area contributed by atoms with Crippen molar-refractivity contribution in [2.45, 2.75) is 31.6 Å². The number of thiophene rings is 1. The minimum Gasteiger partial charge on any atom is -0.493 e. The highest BCUT2D eigenvalue weighted by atomic mass is 32.1. The van der Waals surface area contributed by atoms with Crippen molar-refractivity contribution in [1.29, 1.82) is 0 Å². The Morgan fingerprint density at radius 1 is 1.03 bits per heavy atom. The molecule has 0 saturated heterocycles. The summed E-state index contributed by atoms with van der Waals surface area (Å²) in [5, 5.41) is 5.39. The number of ketones is 1. The first-order valence-corrected chi connectivity index (χ1v) is 12.5. The Morgan fingerprint density at radius 2 is 1.81 bits per heavy atom. The molecule has 0 bridgehead atoms. The van der Waals surface area contributed by atoms with E-state index in [0.717, 1.165) is 5.70 Å². The predicted molar refractivity (Wildman–Crippen MR) is 136 cm³/mol. The van der Waals surface area contributed by atoms with Crippen LogP contribution < -0.4 is 19.5 Å². The van der Waals surface area contributed by atoms with E-state index in [-0.39, 0.29) is 24.9 Å². The van der Waals surface area contributed by atoms with E-state index >= 15 is 0 Å². The number of carbonyl (C=O) groups is 2. The molecule has 0 fully saturated rings. The zero-order chi connectivity index (χ0) is 25.8. The minimum atomic E-state index is -0.692. The summed E-state index contributed by atoms with van der Waals surface area (Å²) in [6.45, 7) is 2.20. The number of hydrogen-bond donors (Lipinski definition) is 1. The Bertz CT molecular complexity index is 1200. The first-order valence-electron chi connectivity index (χ1n) is 11.7.